The van der Waals surface area contributed by atoms with Gasteiger partial charge in [0.1, 0.15) is 5.82 Å². The van der Waals surface area contributed by atoms with Gasteiger partial charge in [-0.1, -0.05) is 24.3 Å². The predicted octanol–water partition coefficient (Wildman–Crippen LogP) is 3.79. The molecule has 0 aromatic heterocycles. The van der Waals surface area contributed by atoms with Crippen molar-refractivity contribution in [3.8, 4) is 0 Å². The molecule has 0 unspecified atom stereocenters. The maximum atomic E-state index is 13.1. The molecule has 28 heavy (non-hydrogen) atoms. The van der Waals surface area contributed by atoms with Gasteiger partial charge in [-0.05, 0) is 49.2 Å². The zero-order valence-electron chi connectivity index (χ0n) is 16.5. The maximum absolute atomic E-state index is 13.1. The minimum atomic E-state index is -0.242. The number of rotatable bonds is 7. The van der Waals surface area contributed by atoms with Gasteiger partial charge in [-0.25, -0.2) is 9.38 Å². The molecule has 2 N–H and O–H groups in total. The van der Waals surface area contributed by atoms with Crippen molar-refractivity contribution in [2.45, 2.75) is 26.9 Å². The van der Waals surface area contributed by atoms with E-state index < -0.39 is 0 Å². The van der Waals surface area contributed by atoms with Crippen LogP contribution in [0, 0.1) is 5.82 Å². The summed E-state index contributed by atoms with van der Waals surface area (Å²) < 4.78 is 13.1. The van der Waals surface area contributed by atoms with Gasteiger partial charge < -0.3 is 15.5 Å². The molecule has 0 aliphatic carbocycles. The molecule has 0 atom stereocenters. The van der Waals surface area contributed by atoms with E-state index in [9.17, 15) is 9.18 Å². The van der Waals surface area contributed by atoms with Gasteiger partial charge in [-0.15, -0.1) is 24.0 Å². The standard InChI is InChI=1S/C21H27FN4O.HI/c1-4-23-20(27)18-8-6-7-17(13-18)14-25-21(24-5-2)26(3)15-16-9-11-19(22)12-10-16;/h6-13H,4-5,14-15H2,1-3H3,(H,23,27)(H,24,25);1H. The summed E-state index contributed by atoms with van der Waals surface area (Å²) in [7, 11) is 1.94. The topological polar surface area (TPSA) is 56.7 Å². The fourth-order valence-corrected chi connectivity index (χ4v) is 2.65. The molecule has 5 nitrogen and oxygen atoms in total. The number of nitrogens with one attached hydrogen (secondary N) is 2. The zero-order chi connectivity index (χ0) is 19.6. The van der Waals surface area contributed by atoms with E-state index in [1.54, 1.807) is 18.2 Å². The van der Waals surface area contributed by atoms with E-state index in [4.69, 9.17) is 0 Å². The number of benzene rings is 2. The Bertz CT molecular complexity index is 780. The molecule has 0 saturated carbocycles. The number of aliphatic imine (C=N–C) groups is 1. The molecule has 1 amide bonds. The molecule has 152 valence electrons. The number of guanidine groups is 1. The summed E-state index contributed by atoms with van der Waals surface area (Å²) in [5.74, 6) is 0.433. The molecular formula is C21H28FIN4O. The molecule has 0 bridgehead atoms. The van der Waals surface area contributed by atoms with Gasteiger partial charge in [-0.3, -0.25) is 4.79 Å². The number of carbonyl (C=O) groups excluding carboxylic acids is 1. The van der Waals surface area contributed by atoms with Crippen LogP contribution in [0.5, 0.6) is 0 Å². The number of nitrogens with zero attached hydrogens (tertiary/aromatic N) is 2. The highest BCUT2D eigenvalue weighted by atomic mass is 127. The summed E-state index contributed by atoms with van der Waals surface area (Å²) in [6.07, 6.45) is 0. The summed E-state index contributed by atoms with van der Waals surface area (Å²) in [6.45, 7) is 6.32. The van der Waals surface area contributed by atoms with Crippen molar-refractivity contribution in [2.24, 2.45) is 4.99 Å². The molecule has 2 aromatic carbocycles. The molecule has 0 spiro atoms. The predicted molar refractivity (Wildman–Crippen MR) is 123 cm³/mol. The average molecular weight is 498 g/mol. The molecule has 0 heterocycles. The lowest BCUT2D eigenvalue weighted by Crippen LogP contribution is -2.38. The van der Waals surface area contributed by atoms with Gasteiger partial charge in [0.2, 0.25) is 0 Å². The monoisotopic (exact) mass is 498 g/mol. The zero-order valence-corrected chi connectivity index (χ0v) is 18.9. The lowest BCUT2D eigenvalue weighted by molar-refractivity contribution is 0.0955. The first-order valence-electron chi connectivity index (χ1n) is 9.14. The highest BCUT2D eigenvalue weighted by Gasteiger charge is 2.08. The van der Waals surface area contributed by atoms with E-state index in [2.05, 4.69) is 15.6 Å². The van der Waals surface area contributed by atoms with Crippen molar-refractivity contribution < 1.29 is 9.18 Å². The molecule has 0 radical (unpaired) electrons. The second kappa shape index (κ2) is 12.3. The van der Waals surface area contributed by atoms with Crippen molar-refractivity contribution >= 4 is 35.8 Å². The Morgan fingerprint density at radius 3 is 2.36 bits per heavy atom. The molecule has 2 rings (SSSR count). The second-order valence-electron chi connectivity index (χ2n) is 6.21. The van der Waals surface area contributed by atoms with Gasteiger partial charge in [-0.2, -0.15) is 0 Å². The fourth-order valence-electron chi connectivity index (χ4n) is 2.65. The maximum Gasteiger partial charge on any atom is 0.251 e. The van der Waals surface area contributed by atoms with E-state index in [-0.39, 0.29) is 35.7 Å². The van der Waals surface area contributed by atoms with Crippen LogP contribution in [0.25, 0.3) is 0 Å². The van der Waals surface area contributed by atoms with Crippen LogP contribution in [0.3, 0.4) is 0 Å². The normalized spacial score (nSPS) is 10.8. The Kier molecular flexibility index (Phi) is 10.5. The minimum absolute atomic E-state index is 0. The van der Waals surface area contributed by atoms with Crippen molar-refractivity contribution in [3.63, 3.8) is 0 Å². The Labute approximate surface area is 183 Å². The van der Waals surface area contributed by atoms with E-state index in [0.29, 0.717) is 25.2 Å². The Morgan fingerprint density at radius 1 is 1.04 bits per heavy atom. The van der Waals surface area contributed by atoms with E-state index in [0.717, 1.165) is 23.6 Å². The van der Waals surface area contributed by atoms with Gasteiger partial charge in [0, 0.05) is 32.2 Å². The molecule has 0 saturated heterocycles. The first-order chi connectivity index (χ1) is 13.0. The van der Waals surface area contributed by atoms with Crippen LogP contribution in [0.2, 0.25) is 0 Å². The number of carbonyl (C=O) groups is 1. The third-order valence-electron chi connectivity index (χ3n) is 3.97. The van der Waals surface area contributed by atoms with Crippen molar-refractivity contribution in [1.29, 1.82) is 0 Å². The van der Waals surface area contributed by atoms with Crippen LogP contribution < -0.4 is 10.6 Å². The molecule has 7 heteroatoms. The smallest absolute Gasteiger partial charge is 0.251 e. The lowest BCUT2D eigenvalue weighted by atomic mass is 10.1. The molecule has 2 aromatic rings. The van der Waals surface area contributed by atoms with Crippen molar-refractivity contribution in [2.75, 3.05) is 20.1 Å². The summed E-state index contributed by atoms with van der Waals surface area (Å²) in [5.41, 5.74) is 2.60. The number of hydrogen-bond donors (Lipinski definition) is 2. The summed E-state index contributed by atoms with van der Waals surface area (Å²) in [6, 6.07) is 13.9. The van der Waals surface area contributed by atoms with Crippen LogP contribution >= 0.6 is 24.0 Å². The van der Waals surface area contributed by atoms with Gasteiger partial charge in [0.15, 0.2) is 5.96 Å². The second-order valence-corrected chi connectivity index (χ2v) is 6.21. The van der Waals surface area contributed by atoms with E-state index in [1.807, 2.05) is 44.0 Å². The number of hydrogen-bond acceptors (Lipinski definition) is 2. The quantitative estimate of drug-likeness (QED) is 0.347. The Hall–Kier alpha value is -2.16. The molecule has 0 aliphatic heterocycles. The summed E-state index contributed by atoms with van der Waals surface area (Å²) in [5, 5.41) is 6.07. The van der Waals surface area contributed by atoms with Crippen molar-refractivity contribution in [1.82, 2.24) is 15.5 Å². The van der Waals surface area contributed by atoms with Gasteiger partial charge >= 0.3 is 0 Å². The fraction of sp³-hybridized carbons (Fsp3) is 0.333. The van der Waals surface area contributed by atoms with Gasteiger partial charge in [0.05, 0.1) is 6.54 Å². The van der Waals surface area contributed by atoms with Crippen LogP contribution in [0.4, 0.5) is 4.39 Å². The Balaban J connectivity index is 0.00000392. The third kappa shape index (κ3) is 7.46. The number of halogens is 2. The lowest BCUT2D eigenvalue weighted by Gasteiger charge is -2.22. The highest BCUT2D eigenvalue weighted by molar-refractivity contribution is 14.0. The molecular weight excluding hydrogens is 470 g/mol. The highest BCUT2D eigenvalue weighted by Crippen LogP contribution is 2.09. The Morgan fingerprint density at radius 2 is 1.71 bits per heavy atom. The minimum Gasteiger partial charge on any atom is -0.357 e. The van der Waals surface area contributed by atoms with E-state index in [1.165, 1.54) is 12.1 Å². The average Bonchev–Trinajstić information content (AvgIpc) is 2.67. The third-order valence-corrected chi connectivity index (χ3v) is 3.97. The van der Waals surface area contributed by atoms with Crippen molar-refractivity contribution in [3.05, 3.63) is 71.0 Å². The van der Waals surface area contributed by atoms with Crippen LogP contribution in [0.1, 0.15) is 35.3 Å². The largest absolute Gasteiger partial charge is 0.357 e. The molecule has 0 aliphatic rings. The van der Waals surface area contributed by atoms with Crippen LogP contribution in [-0.4, -0.2) is 36.9 Å². The number of amides is 1. The van der Waals surface area contributed by atoms with Crippen LogP contribution in [0.15, 0.2) is 53.5 Å². The SMILES string of the molecule is CCNC(=O)c1cccc(CN=C(NCC)N(C)Cc2ccc(F)cc2)c1.I. The van der Waals surface area contributed by atoms with E-state index >= 15 is 0 Å². The molecule has 0 fully saturated rings. The summed E-state index contributed by atoms with van der Waals surface area (Å²) in [4.78, 5) is 18.6. The van der Waals surface area contributed by atoms with Gasteiger partial charge in [0.25, 0.3) is 5.91 Å². The first kappa shape index (κ1) is 23.9. The summed E-state index contributed by atoms with van der Waals surface area (Å²) >= 11 is 0. The van der Waals surface area contributed by atoms with Crippen LogP contribution in [-0.2, 0) is 13.1 Å². The first-order valence-corrected chi connectivity index (χ1v) is 9.14.